The van der Waals surface area contributed by atoms with Gasteiger partial charge in [0, 0.05) is 13.0 Å². The number of benzene rings is 1. The van der Waals surface area contributed by atoms with Gasteiger partial charge in [0.05, 0.1) is 19.0 Å². The molecule has 3 atom stereocenters. The lowest BCUT2D eigenvalue weighted by Crippen LogP contribution is -2.54. The molecule has 0 aliphatic rings. The second-order valence-electron chi connectivity index (χ2n) is 7.61. The molecule has 35 heavy (non-hydrogen) atoms. The van der Waals surface area contributed by atoms with E-state index >= 15 is 0 Å². The molecule has 0 fully saturated rings. The molecule has 0 saturated carbocycles. The Morgan fingerprint density at radius 2 is 1.60 bits per heavy atom. The molecule has 192 valence electrons. The summed E-state index contributed by atoms with van der Waals surface area (Å²) in [5, 5.41) is 34.8. The summed E-state index contributed by atoms with van der Waals surface area (Å²) in [5.41, 5.74) is 11.5. The quantitative estimate of drug-likeness (QED) is 0.0703. The van der Waals surface area contributed by atoms with E-state index in [9.17, 15) is 29.1 Å². The third kappa shape index (κ3) is 12.0. The molecule has 14 heteroatoms. The number of carbonyl (C=O) groups excluding carboxylic acids is 3. The summed E-state index contributed by atoms with van der Waals surface area (Å²) in [6.45, 7) is -0.238. The van der Waals surface area contributed by atoms with Crippen LogP contribution in [-0.2, 0) is 30.4 Å². The monoisotopic (exact) mass is 493 g/mol. The van der Waals surface area contributed by atoms with Gasteiger partial charge in [0.2, 0.25) is 17.7 Å². The Morgan fingerprint density at radius 1 is 0.943 bits per heavy atom. The molecule has 0 saturated heterocycles. The van der Waals surface area contributed by atoms with E-state index in [1.807, 2.05) is 0 Å². The number of carboxylic acids is 2. The Kier molecular flexibility index (Phi) is 12.2. The van der Waals surface area contributed by atoms with Crippen LogP contribution in [0.3, 0.4) is 0 Å². The number of hydrogen-bond acceptors (Lipinski definition) is 7. The first-order chi connectivity index (χ1) is 16.5. The molecule has 3 amide bonds. The van der Waals surface area contributed by atoms with Crippen LogP contribution in [0.1, 0.15) is 24.8 Å². The van der Waals surface area contributed by atoms with Gasteiger partial charge in [0.15, 0.2) is 5.96 Å². The Labute approximate surface area is 201 Å². The van der Waals surface area contributed by atoms with Gasteiger partial charge in [-0.2, -0.15) is 0 Å². The van der Waals surface area contributed by atoms with Crippen molar-refractivity contribution in [1.82, 2.24) is 21.3 Å². The molecule has 1 aromatic carbocycles. The number of nitrogens with one attached hydrogen (secondary N) is 5. The van der Waals surface area contributed by atoms with Crippen LogP contribution in [0.2, 0.25) is 0 Å². The zero-order valence-corrected chi connectivity index (χ0v) is 19.0. The SMILES string of the molecule is N=C(N)NCCC[C@H](N)C(=O)NCC(=O)N[C@@H](CC(=O)O)C(=O)N[C@H](Cc1ccccc1)C(=O)O. The highest BCUT2D eigenvalue weighted by Crippen LogP contribution is 2.05. The molecular formula is C21H31N7O7. The van der Waals surface area contributed by atoms with Crippen molar-refractivity contribution in [2.24, 2.45) is 11.5 Å². The van der Waals surface area contributed by atoms with E-state index in [-0.39, 0.29) is 18.8 Å². The largest absolute Gasteiger partial charge is 0.481 e. The molecule has 0 aliphatic carbocycles. The van der Waals surface area contributed by atoms with Crippen LogP contribution in [0, 0.1) is 5.41 Å². The Bertz CT molecular complexity index is 911. The van der Waals surface area contributed by atoms with Crippen molar-refractivity contribution >= 4 is 35.6 Å². The molecule has 0 heterocycles. The summed E-state index contributed by atoms with van der Waals surface area (Å²) in [5.74, 6) is -5.44. The number of carbonyl (C=O) groups is 5. The fourth-order valence-electron chi connectivity index (χ4n) is 2.93. The minimum absolute atomic E-state index is 0.0501. The van der Waals surface area contributed by atoms with E-state index in [4.69, 9.17) is 22.0 Å². The summed E-state index contributed by atoms with van der Waals surface area (Å²) >= 11 is 0. The van der Waals surface area contributed by atoms with E-state index < -0.39 is 60.8 Å². The summed E-state index contributed by atoms with van der Waals surface area (Å²) in [6.07, 6.45) is -0.165. The van der Waals surface area contributed by atoms with Crippen molar-refractivity contribution in [1.29, 1.82) is 5.41 Å². The minimum atomic E-state index is -1.57. The van der Waals surface area contributed by atoms with E-state index in [0.29, 0.717) is 18.5 Å². The normalized spacial score (nSPS) is 12.9. The first-order valence-electron chi connectivity index (χ1n) is 10.7. The molecule has 0 unspecified atom stereocenters. The maximum absolute atomic E-state index is 12.6. The summed E-state index contributed by atoms with van der Waals surface area (Å²) in [6, 6.07) is 4.63. The van der Waals surface area contributed by atoms with E-state index in [2.05, 4.69) is 21.3 Å². The lowest BCUT2D eigenvalue weighted by atomic mass is 10.1. The topological polar surface area (TPSA) is 250 Å². The highest BCUT2D eigenvalue weighted by Gasteiger charge is 2.28. The zero-order chi connectivity index (χ0) is 26.4. The summed E-state index contributed by atoms with van der Waals surface area (Å²) in [7, 11) is 0. The van der Waals surface area contributed by atoms with Gasteiger partial charge in [-0.1, -0.05) is 30.3 Å². The second kappa shape index (κ2) is 14.8. The van der Waals surface area contributed by atoms with Crippen LogP contribution in [0.5, 0.6) is 0 Å². The van der Waals surface area contributed by atoms with Crippen molar-refractivity contribution in [3.63, 3.8) is 0 Å². The molecule has 0 bridgehead atoms. The maximum atomic E-state index is 12.6. The van der Waals surface area contributed by atoms with Crippen molar-refractivity contribution < 1.29 is 34.2 Å². The van der Waals surface area contributed by atoms with Crippen LogP contribution >= 0.6 is 0 Å². The summed E-state index contributed by atoms with van der Waals surface area (Å²) < 4.78 is 0. The highest BCUT2D eigenvalue weighted by molar-refractivity contribution is 5.94. The third-order valence-electron chi connectivity index (χ3n) is 4.69. The molecule has 1 aromatic rings. The van der Waals surface area contributed by atoms with Crippen LogP contribution in [0.25, 0.3) is 0 Å². The number of rotatable bonds is 15. The number of carboxylic acid groups (broad SMARTS) is 2. The van der Waals surface area contributed by atoms with Crippen molar-refractivity contribution in [2.75, 3.05) is 13.1 Å². The Hall–Kier alpha value is -4.20. The highest BCUT2D eigenvalue weighted by atomic mass is 16.4. The first-order valence-corrected chi connectivity index (χ1v) is 10.7. The lowest BCUT2D eigenvalue weighted by molar-refractivity contribution is -0.143. The van der Waals surface area contributed by atoms with Gasteiger partial charge in [0.25, 0.3) is 0 Å². The smallest absolute Gasteiger partial charge is 0.326 e. The van der Waals surface area contributed by atoms with E-state index in [1.165, 1.54) is 0 Å². The number of guanidine groups is 1. The number of nitrogens with two attached hydrogens (primary N) is 2. The Morgan fingerprint density at radius 3 is 2.17 bits per heavy atom. The number of hydrogen-bond donors (Lipinski definition) is 9. The average Bonchev–Trinajstić information content (AvgIpc) is 2.79. The van der Waals surface area contributed by atoms with Gasteiger partial charge in [-0.3, -0.25) is 24.6 Å². The van der Waals surface area contributed by atoms with E-state index in [1.54, 1.807) is 30.3 Å². The van der Waals surface area contributed by atoms with Crippen LogP contribution < -0.4 is 32.7 Å². The predicted molar refractivity (Wildman–Crippen MR) is 124 cm³/mol. The van der Waals surface area contributed by atoms with Crippen molar-refractivity contribution in [2.45, 2.75) is 43.8 Å². The number of amides is 3. The fraction of sp³-hybridized carbons (Fsp3) is 0.429. The molecule has 14 nitrogen and oxygen atoms in total. The molecule has 11 N–H and O–H groups in total. The molecule has 0 aliphatic heterocycles. The predicted octanol–water partition coefficient (Wildman–Crippen LogP) is -2.54. The van der Waals surface area contributed by atoms with E-state index in [0.717, 1.165) is 0 Å². The maximum Gasteiger partial charge on any atom is 0.326 e. The minimum Gasteiger partial charge on any atom is -0.481 e. The lowest BCUT2D eigenvalue weighted by Gasteiger charge is -2.21. The molecule has 1 rings (SSSR count). The van der Waals surface area contributed by atoms with Gasteiger partial charge in [-0.15, -0.1) is 0 Å². The van der Waals surface area contributed by atoms with Crippen molar-refractivity contribution in [3.8, 4) is 0 Å². The fourth-order valence-corrected chi connectivity index (χ4v) is 2.93. The van der Waals surface area contributed by atoms with Crippen LogP contribution in [0.15, 0.2) is 30.3 Å². The van der Waals surface area contributed by atoms with Gasteiger partial charge < -0.3 is 42.9 Å². The standard InChI is InChI=1S/C21H31N7O7/c22-13(7-4-8-25-21(23)24)18(32)26-11-16(29)27-14(10-17(30)31)19(33)28-15(20(34)35)9-12-5-2-1-3-6-12/h1-3,5-6,13-15H,4,7-11,22H2,(H,26,32)(H,27,29)(H,28,33)(H,30,31)(H,34,35)(H4,23,24,25)/t13-,14-,15+/m0/s1. The van der Waals surface area contributed by atoms with Gasteiger partial charge in [0.1, 0.15) is 12.1 Å². The van der Waals surface area contributed by atoms with Gasteiger partial charge in [-0.05, 0) is 18.4 Å². The van der Waals surface area contributed by atoms with Crippen LogP contribution in [-0.4, -0.2) is 77.0 Å². The third-order valence-corrected chi connectivity index (χ3v) is 4.69. The molecular weight excluding hydrogens is 462 g/mol. The average molecular weight is 494 g/mol. The Balaban J connectivity index is 2.63. The first kappa shape index (κ1) is 28.8. The number of aliphatic carboxylic acids is 2. The molecule has 0 spiro atoms. The van der Waals surface area contributed by atoms with Crippen LogP contribution in [0.4, 0.5) is 0 Å². The summed E-state index contributed by atoms with van der Waals surface area (Å²) in [4.78, 5) is 59.6. The molecule has 0 aromatic heterocycles. The molecule has 0 radical (unpaired) electrons. The van der Waals surface area contributed by atoms with Gasteiger partial charge >= 0.3 is 11.9 Å². The second-order valence-corrected chi connectivity index (χ2v) is 7.61. The van der Waals surface area contributed by atoms with Crippen molar-refractivity contribution in [3.05, 3.63) is 35.9 Å². The zero-order valence-electron chi connectivity index (χ0n) is 19.0. The van der Waals surface area contributed by atoms with Gasteiger partial charge in [-0.25, -0.2) is 4.79 Å².